The molecule has 2 aromatic rings. The molecule has 35 heavy (non-hydrogen) atoms. The number of carboxylic acid groups (broad SMARTS) is 1. The Bertz CT molecular complexity index is 1070. The number of carbonyl (C=O) groups excluding carboxylic acids is 2. The summed E-state index contributed by atoms with van der Waals surface area (Å²) in [5.74, 6) is -1.80. The number of rotatable bonds is 10. The molecule has 0 aromatic heterocycles. The highest BCUT2D eigenvalue weighted by atomic mass is 16.5. The highest BCUT2D eigenvalue weighted by molar-refractivity contribution is 5.87. The van der Waals surface area contributed by atoms with Crippen molar-refractivity contribution in [2.75, 3.05) is 20.3 Å². The second kappa shape index (κ2) is 10.1. The molecular formula is C27H32N2O6. The lowest BCUT2D eigenvalue weighted by atomic mass is 9.98. The van der Waals surface area contributed by atoms with Crippen LogP contribution in [0, 0.1) is 11.8 Å². The molecule has 8 heteroatoms. The van der Waals surface area contributed by atoms with Gasteiger partial charge in [-0.25, -0.2) is 9.59 Å². The fourth-order valence-corrected chi connectivity index (χ4v) is 4.71. The maximum absolute atomic E-state index is 12.5. The summed E-state index contributed by atoms with van der Waals surface area (Å²) < 4.78 is 10.8. The predicted molar refractivity (Wildman–Crippen MR) is 130 cm³/mol. The van der Waals surface area contributed by atoms with Gasteiger partial charge in [0.25, 0.3) is 0 Å². The highest BCUT2D eigenvalue weighted by Crippen LogP contribution is 2.44. The Labute approximate surface area is 205 Å². The van der Waals surface area contributed by atoms with Crippen LogP contribution < -0.4 is 10.6 Å². The van der Waals surface area contributed by atoms with Gasteiger partial charge in [-0.05, 0) is 48.4 Å². The van der Waals surface area contributed by atoms with Crippen LogP contribution in [0.1, 0.15) is 43.7 Å². The maximum Gasteiger partial charge on any atom is 0.407 e. The molecule has 2 aliphatic rings. The number of benzene rings is 2. The van der Waals surface area contributed by atoms with Crippen molar-refractivity contribution < 1.29 is 29.0 Å². The van der Waals surface area contributed by atoms with E-state index >= 15 is 0 Å². The van der Waals surface area contributed by atoms with Crippen molar-refractivity contribution in [1.29, 1.82) is 0 Å². The van der Waals surface area contributed by atoms with E-state index < -0.39 is 23.7 Å². The number of hydrogen-bond acceptors (Lipinski definition) is 5. The minimum absolute atomic E-state index is 0.0168. The van der Waals surface area contributed by atoms with Crippen LogP contribution in [0.2, 0.25) is 0 Å². The molecule has 0 aliphatic heterocycles. The summed E-state index contributed by atoms with van der Waals surface area (Å²) in [5.41, 5.74) is 3.94. The molecule has 0 radical (unpaired) electrons. The van der Waals surface area contributed by atoms with E-state index in [1.807, 2.05) is 24.3 Å². The number of amides is 2. The van der Waals surface area contributed by atoms with Crippen LogP contribution in [0.3, 0.4) is 0 Å². The third-order valence-electron chi connectivity index (χ3n) is 6.97. The van der Waals surface area contributed by atoms with Crippen molar-refractivity contribution in [2.24, 2.45) is 11.8 Å². The molecule has 0 bridgehead atoms. The molecule has 2 amide bonds. The number of alkyl carbamates (subject to hydrolysis) is 1. The summed E-state index contributed by atoms with van der Waals surface area (Å²) in [6.45, 7) is 4.07. The number of ether oxygens (including phenoxy) is 2. The van der Waals surface area contributed by atoms with Crippen molar-refractivity contribution in [3.05, 3.63) is 59.7 Å². The Morgan fingerprint density at radius 2 is 1.66 bits per heavy atom. The summed E-state index contributed by atoms with van der Waals surface area (Å²) in [6, 6.07) is 15.2. The van der Waals surface area contributed by atoms with Gasteiger partial charge in [-0.1, -0.05) is 48.5 Å². The van der Waals surface area contributed by atoms with E-state index in [-0.39, 0.29) is 36.7 Å². The van der Waals surface area contributed by atoms with Crippen molar-refractivity contribution in [1.82, 2.24) is 10.6 Å². The number of fused-ring (bicyclic) bond motifs is 3. The largest absolute Gasteiger partial charge is 0.480 e. The SMILES string of the molecule is COC(C)(C)CC(NC(=O)[C@@H]1C[C@@H]1CNC(=O)OCC1c2ccccc2-c2ccccc21)C(=O)O. The molecule has 186 valence electrons. The zero-order chi connectivity index (χ0) is 25.2. The Morgan fingerprint density at radius 3 is 2.23 bits per heavy atom. The van der Waals surface area contributed by atoms with Gasteiger partial charge >= 0.3 is 12.1 Å². The summed E-state index contributed by atoms with van der Waals surface area (Å²) in [6.07, 6.45) is 0.221. The number of aliphatic carboxylic acids is 1. The minimum Gasteiger partial charge on any atom is -0.480 e. The first kappa shape index (κ1) is 24.7. The van der Waals surface area contributed by atoms with E-state index in [1.165, 1.54) is 7.11 Å². The number of hydrogen-bond donors (Lipinski definition) is 3. The predicted octanol–water partition coefficient (Wildman–Crippen LogP) is 3.55. The maximum atomic E-state index is 12.5. The third-order valence-corrected chi connectivity index (χ3v) is 6.97. The molecule has 2 aromatic carbocycles. The van der Waals surface area contributed by atoms with E-state index in [0.717, 1.165) is 22.3 Å². The van der Waals surface area contributed by atoms with E-state index in [9.17, 15) is 19.5 Å². The topological polar surface area (TPSA) is 114 Å². The average molecular weight is 481 g/mol. The molecule has 0 heterocycles. The lowest BCUT2D eigenvalue weighted by molar-refractivity contribution is -0.144. The van der Waals surface area contributed by atoms with E-state index in [1.54, 1.807) is 13.8 Å². The zero-order valence-electron chi connectivity index (χ0n) is 20.2. The molecule has 1 fully saturated rings. The monoisotopic (exact) mass is 480 g/mol. The Kier molecular flexibility index (Phi) is 7.12. The molecule has 3 N–H and O–H groups in total. The highest BCUT2D eigenvalue weighted by Gasteiger charge is 2.44. The molecule has 0 spiro atoms. The second-order valence-electron chi connectivity index (χ2n) is 9.88. The van der Waals surface area contributed by atoms with E-state index in [0.29, 0.717) is 13.0 Å². The first-order valence-electron chi connectivity index (χ1n) is 11.9. The Morgan fingerprint density at radius 1 is 1.06 bits per heavy atom. The van der Waals surface area contributed by atoms with Gasteiger partial charge in [0, 0.05) is 31.9 Å². The van der Waals surface area contributed by atoms with Gasteiger partial charge in [0.2, 0.25) is 5.91 Å². The third kappa shape index (κ3) is 5.65. The zero-order valence-corrected chi connectivity index (χ0v) is 20.2. The summed E-state index contributed by atoms with van der Waals surface area (Å²) in [5, 5.41) is 14.8. The van der Waals surface area contributed by atoms with Crippen molar-refractivity contribution in [3.8, 4) is 11.1 Å². The van der Waals surface area contributed by atoms with Gasteiger partial charge in [0.05, 0.1) is 5.60 Å². The lowest BCUT2D eigenvalue weighted by Crippen LogP contribution is -2.46. The van der Waals surface area contributed by atoms with Crippen LogP contribution in [0.5, 0.6) is 0 Å². The number of nitrogens with one attached hydrogen (secondary N) is 2. The van der Waals surface area contributed by atoms with Crippen LogP contribution in [-0.2, 0) is 19.1 Å². The molecular weight excluding hydrogens is 448 g/mol. The first-order valence-corrected chi connectivity index (χ1v) is 11.9. The first-order chi connectivity index (χ1) is 16.7. The Hall–Kier alpha value is -3.39. The minimum atomic E-state index is -1.10. The summed E-state index contributed by atoms with van der Waals surface area (Å²) in [4.78, 5) is 36.4. The van der Waals surface area contributed by atoms with Crippen LogP contribution in [0.25, 0.3) is 11.1 Å². The van der Waals surface area contributed by atoms with Crippen molar-refractivity contribution >= 4 is 18.0 Å². The molecule has 1 unspecified atom stereocenters. The van der Waals surface area contributed by atoms with Gasteiger partial charge in [0.1, 0.15) is 12.6 Å². The smallest absolute Gasteiger partial charge is 0.407 e. The van der Waals surface area contributed by atoms with Crippen LogP contribution in [0.4, 0.5) is 4.79 Å². The number of methoxy groups -OCH3 is 1. The van der Waals surface area contributed by atoms with Gasteiger partial charge in [-0.15, -0.1) is 0 Å². The second-order valence-corrected chi connectivity index (χ2v) is 9.88. The average Bonchev–Trinajstić information content (AvgIpc) is 3.56. The van der Waals surface area contributed by atoms with Crippen LogP contribution >= 0.6 is 0 Å². The van der Waals surface area contributed by atoms with Crippen molar-refractivity contribution in [2.45, 2.75) is 44.2 Å². The fraction of sp³-hybridized carbons (Fsp3) is 0.444. The summed E-state index contributed by atoms with van der Waals surface area (Å²) >= 11 is 0. The summed E-state index contributed by atoms with van der Waals surface area (Å²) in [7, 11) is 1.51. The fourth-order valence-electron chi connectivity index (χ4n) is 4.71. The van der Waals surface area contributed by atoms with Gasteiger partial charge in [0.15, 0.2) is 0 Å². The molecule has 4 rings (SSSR count). The van der Waals surface area contributed by atoms with E-state index in [2.05, 4.69) is 34.9 Å². The quantitative estimate of drug-likeness (QED) is 0.479. The van der Waals surface area contributed by atoms with E-state index in [4.69, 9.17) is 9.47 Å². The molecule has 3 atom stereocenters. The number of carboxylic acids is 1. The molecule has 8 nitrogen and oxygen atoms in total. The van der Waals surface area contributed by atoms with Gasteiger partial charge in [-0.2, -0.15) is 0 Å². The standard InChI is InChI=1S/C27H32N2O6/c1-27(2,34-3)13-23(25(31)32)29-24(30)21-12-16(21)14-28-26(33)35-15-22-19-10-6-4-8-17(19)18-9-5-7-11-20(18)22/h4-11,16,21-23H,12-15H2,1-3H3,(H,28,33)(H,29,30)(H,31,32)/t16-,21-,23?/m1/s1. The molecule has 1 saturated carbocycles. The molecule has 0 saturated heterocycles. The van der Waals surface area contributed by atoms with Crippen molar-refractivity contribution in [3.63, 3.8) is 0 Å². The van der Waals surface area contributed by atoms with Crippen LogP contribution in [-0.4, -0.2) is 55.0 Å². The lowest BCUT2D eigenvalue weighted by Gasteiger charge is -2.27. The van der Waals surface area contributed by atoms with Gasteiger partial charge < -0.3 is 25.2 Å². The Balaban J connectivity index is 1.24. The number of carbonyl (C=O) groups is 3. The van der Waals surface area contributed by atoms with Gasteiger partial charge in [-0.3, -0.25) is 4.79 Å². The normalized spacial score (nSPS) is 19.3. The molecule has 2 aliphatic carbocycles. The van der Waals surface area contributed by atoms with Crippen LogP contribution in [0.15, 0.2) is 48.5 Å².